The van der Waals surface area contributed by atoms with Crippen molar-refractivity contribution in [2.24, 2.45) is 0 Å². The summed E-state index contributed by atoms with van der Waals surface area (Å²) in [4.78, 5) is 16.3. The number of aromatic nitrogens is 1. The second-order valence-electron chi connectivity index (χ2n) is 4.34. The molecule has 19 heavy (non-hydrogen) atoms. The first-order valence-electron chi connectivity index (χ1n) is 6.13. The SMILES string of the molecule is COc1ccc2nc(NC(=O)[C@H]3CCCO3)sc2c1. The molecule has 1 aromatic carbocycles. The molecule has 1 amide bonds. The summed E-state index contributed by atoms with van der Waals surface area (Å²) in [6, 6.07) is 5.65. The number of carbonyl (C=O) groups is 1. The van der Waals surface area contributed by atoms with Crippen molar-refractivity contribution in [2.45, 2.75) is 18.9 Å². The van der Waals surface area contributed by atoms with Crippen LogP contribution >= 0.6 is 11.3 Å². The summed E-state index contributed by atoms with van der Waals surface area (Å²) >= 11 is 1.44. The smallest absolute Gasteiger partial charge is 0.255 e. The highest BCUT2D eigenvalue weighted by molar-refractivity contribution is 7.22. The number of nitrogens with zero attached hydrogens (tertiary/aromatic N) is 1. The molecular weight excluding hydrogens is 264 g/mol. The molecule has 0 unspecified atom stereocenters. The standard InChI is InChI=1S/C13H14N2O3S/c1-17-8-4-5-9-11(7-8)19-13(14-9)15-12(16)10-3-2-6-18-10/h4-5,7,10H,2-3,6H2,1H3,(H,14,15,16)/t10-/m1/s1. The Morgan fingerprint density at radius 3 is 3.21 bits per heavy atom. The first-order chi connectivity index (χ1) is 9.26. The van der Waals surface area contributed by atoms with Crippen LogP contribution in [0.3, 0.4) is 0 Å². The highest BCUT2D eigenvalue weighted by atomic mass is 32.1. The van der Waals surface area contributed by atoms with Gasteiger partial charge in [0.05, 0.1) is 17.3 Å². The van der Waals surface area contributed by atoms with Crippen LogP contribution in [0.2, 0.25) is 0 Å². The van der Waals surface area contributed by atoms with Gasteiger partial charge in [0.25, 0.3) is 5.91 Å². The number of amides is 1. The van der Waals surface area contributed by atoms with Crippen LogP contribution in [0.25, 0.3) is 10.2 Å². The number of anilines is 1. The van der Waals surface area contributed by atoms with E-state index >= 15 is 0 Å². The molecule has 0 spiro atoms. The summed E-state index contributed by atoms with van der Waals surface area (Å²) in [7, 11) is 1.63. The van der Waals surface area contributed by atoms with Gasteiger partial charge in [0.2, 0.25) is 0 Å². The Hall–Kier alpha value is -1.66. The van der Waals surface area contributed by atoms with E-state index in [-0.39, 0.29) is 12.0 Å². The van der Waals surface area contributed by atoms with Gasteiger partial charge in [0.1, 0.15) is 11.9 Å². The average Bonchev–Trinajstić information content (AvgIpc) is 3.06. The first kappa shape index (κ1) is 12.4. The van der Waals surface area contributed by atoms with Gasteiger partial charge in [-0.2, -0.15) is 0 Å². The number of nitrogens with one attached hydrogen (secondary N) is 1. The Bertz CT molecular complexity index is 605. The summed E-state index contributed by atoms with van der Waals surface area (Å²) in [6.07, 6.45) is 1.39. The van der Waals surface area contributed by atoms with Crippen LogP contribution in [0, 0.1) is 0 Å². The lowest BCUT2D eigenvalue weighted by Gasteiger charge is -2.07. The fourth-order valence-corrected chi connectivity index (χ4v) is 2.95. The molecule has 1 aliphatic rings. The molecule has 0 aliphatic carbocycles. The number of hydrogen-bond acceptors (Lipinski definition) is 5. The van der Waals surface area contributed by atoms with E-state index in [1.807, 2.05) is 18.2 Å². The van der Waals surface area contributed by atoms with Gasteiger partial charge in [-0.1, -0.05) is 11.3 Å². The van der Waals surface area contributed by atoms with E-state index in [0.717, 1.165) is 28.8 Å². The highest BCUT2D eigenvalue weighted by Crippen LogP contribution is 2.29. The highest BCUT2D eigenvalue weighted by Gasteiger charge is 2.24. The molecule has 1 atom stereocenters. The molecule has 1 N–H and O–H groups in total. The lowest BCUT2D eigenvalue weighted by molar-refractivity contribution is -0.124. The van der Waals surface area contributed by atoms with Gasteiger partial charge in [0.15, 0.2) is 5.13 Å². The zero-order chi connectivity index (χ0) is 13.2. The van der Waals surface area contributed by atoms with Crippen LogP contribution in [0.5, 0.6) is 5.75 Å². The fraction of sp³-hybridized carbons (Fsp3) is 0.385. The molecule has 1 saturated heterocycles. The summed E-state index contributed by atoms with van der Waals surface area (Å²) in [5.74, 6) is 0.677. The minimum absolute atomic E-state index is 0.108. The average molecular weight is 278 g/mol. The number of hydrogen-bond donors (Lipinski definition) is 1. The second-order valence-corrected chi connectivity index (χ2v) is 5.37. The Morgan fingerprint density at radius 1 is 1.58 bits per heavy atom. The number of methoxy groups -OCH3 is 1. The minimum Gasteiger partial charge on any atom is -0.497 e. The van der Waals surface area contributed by atoms with E-state index < -0.39 is 0 Å². The third-order valence-electron chi connectivity index (χ3n) is 3.05. The molecule has 1 aliphatic heterocycles. The van der Waals surface area contributed by atoms with Crippen LogP contribution in [0.4, 0.5) is 5.13 Å². The zero-order valence-corrected chi connectivity index (χ0v) is 11.3. The van der Waals surface area contributed by atoms with Gasteiger partial charge in [-0.15, -0.1) is 0 Å². The van der Waals surface area contributed by atoms with E-state index in [2.05, 4.69) is 10.3 Å². The van der Waals surface area contributed by atoms with Crippen LogP contribution in [0.15, 0.2) is 18.2 Å². The van der Waals surface area contributed by atoms with E-state index in [1.165, 1.54) is 11.3 Å². The molecule has 100 valence electrons. The first-order valence-corrected chi connectivity index (χ1v) is 6.95. The monoisotopic (exact) mass is 278 g/mol. The van der Waals surface area contributed by atoms with Crippen molar-refractivity contribution in [3.63, 3.8) is 0 Å². The molecular formula is C13H14N2O3S. The number of benzene rings is 1. The van der Waals surface area contributed by atoms with Crippen LogP contribution in [-0.2, 0) is 9.53 Å². The maximum atomic E-state index is 11.9. The molecule has 0 radical (unpaired) electrons. The fourth-order valence-electron chi connectivity index (χ4n) is 2.06. The molecule has 5 nitrogen and oxygen atoms in total. The third kappa shape index (κ3) is 2.54. The number of thiazole rings is 1. The van der Waals surface area contributed by atoms with Gasteiger partial charge in [-0.25, -0.2) is 4.98 Å². The molecule has 2 aromatic rings. The predicted octanol–water partition coefficient (Wildman–Crippen LogP) is 2.42. The van der Waals surface area contributed by atoms with E-state index in [4.69, 9.17) is 9.47 Å². The van der Waals surface area contributed by atoms with Crippen molar-refractivity contribution in [2.75, 3.05) is 19.0 Å². The Balaban J connectivity index is 1.79. The van der Waals surface area contributed by atoms with Gasteiger partial charge in [0, 0.05) is 6.61 Å². The van der Waals surface area contributed by atoms with E-state index in [1.54, 1.807) is 7.11 Å². The van der Waals surface area contributed by atoms with Crippen molar-refractivity contribution in [3.8, 4) is 5.75 Å². The number of fused-ring (bicyclic) bond motifs is 1. The molecule has 6 heteroatoms. The van der Waals surface area contributed by atoms with Crippen LogP contribution in [0.1, 0.15) is 12.8 Å². The maximum Gasteiger partial charge on any atom is 0.255 e. The Kier molecular flexibility index (Phi) is 3.35. The Morgan fingerprint density at radius 2 is 2.47 bits per heavy atom. The van der Waals surface area contributed by atoms with Crippen LogP contribution in [-0.4, -0.2) is 30.7 Å². The van der Waals surface area contributed by atoms with E-state index in [9.17, 15) is 4.79 Å². The topological polar surface area (TPSA) is 60.5 Å². The molecule has 3 rings (SSSR count). The molecule has 0 bridgehead atoms. The van der Waals surface area contributed by atoms with Crippen molar-refractivity contribution in [1.29, 1.82) is 0 Å². The van der Waals surface area contributed by atoms with Crippen molar-refractivity contribution < 1.29 is 14.3 Å². The zero-order valence-electron chi connectivity index (χ0n) is 10.5. The Labute approximate surface area is 114 Å². The molecule has 2 heterocycles. The van der Waals surface area contributed by atoms with Crippen LogP contribution < -0.4 is 10.1 Å². The van der Waals surface area contributed by atoms with Gasteiger partial charge >= 0.3 is 0 Å². The third-order valence-corrected chi connectivity index (χ3v) is 3.98. The molecule has 1 aromatic heterocycles. The quantitative estimate of drug-likeness (QED) is 0.936. The molecule has 1 fully saturated rings. The normalized spacial score (nSPS) is 18.7. The summed E-state index contributed by atoms with van der Waals surface area (Å²) in [5, 5.41) is 3.41. The van der Waals surface area contributed by atoms with Crippen molar-refractivity contribution in [3.05, 3.63) is 18.2 Å². The van der Waals surface area contributed by atoms with Crippen molar-refractivity contribution in [1.82, 2.24) is 4.98 Å². The summed E-state index contributed by atoms with van der Waals surface area (Å²) < 4.78 is 11.5. The summed E-state index contributed by atoms with van der Waals surface area (Å²) in [5.41, 5.74) is 0.855. The number of ether oxygens (including phenoxy) is 2. The van der Waals surface area contributed by atoms with Crippen molar-refractivity contribution >= 4 is 32.6 Å². The van der Waals surface area contributed by atoms with E-state index in [0.29, 0.717) is 11.7 Å². The van der Waals surface area contributed by atoms with Gasteiger partial charge in [-0.05, 0) is 31.0 Å². The number of carbonyl (C=O) groups excluding carboxylic acids is 1. The largest absolute Gasteiger partial charge is 0.497 e. The van der Waals surface area contributed by atoms with Gasteiger partial charge < -0.3 is 9.47 Å². The molecule has 0 saturated carbocycles. The predicted molar refractivity (Wildman–Crippen MR) is 73.8 cm³/mol. The lowest BCUT2D eigenvalue weighted by Crippen LogP contribution is -2.26. The number of rotatable bonds is 3. The minimum atomic E-state index is -0.332. The summed E-state index contributed by atoms with van der Waals surface area (Å²) in [6.45, 7) is 0.662. The lowest BCUT2D eigenvalue weighted by atomic mass is 10.2. The second kappa shape index (κ2) is 5.14. The maximum absolute atomic E-state index is 11.9. The van der Waals surface area contributed by atoms with Gasteiger partial charge in [-0.3, -0.25) is 10.1 Å².